The first-order valence-corrected chi connectivity index (χ1v) is 7.81. The van der Waals surface area contributed by atoms with Crippen molar-refractivity contribution in [2.24, 2.45) is 0 Å². The van der Waals surface area contributed by atoms with E-state index in [1.54, 1.807) is 29.8 Å². The number of hydrogen-bond acceptors (Lipinski definition) is 8. The Morgan fingerprint density at radius 3 is 2.92 bits per heavy atom. The second-order valence-electron chi connectivity index (χ2n) is 5.34. The summed E-state index contributed by atoms with van der Waals surface area (Å²) in [5, 5.41) is 30.2. The molecule has 4 N–H and O–H groups in total. The highest BCUT2D eigenvalue weighted by Crippen LogP contribution is 2.20. The zero-order valence-electron chi connectivity index (χ0n) is 14.7. The van der Waals surface area contributed by atoms with Crippen molar-refractivity contribution in [3.8, 4) is 11.5 Å². The van der Waals surface area contributed by atoms with E-state index in [0.29, 0.717) is 11.5 Å². The first kappa shape index (κ1) is 19.1. The van der Waals surface area contributed by atoms with Crippen LogP contribution in [0, 0.1) is 5.41 Å². The lowest BCUT2D eigenvalue weighted by molar-refractivity contribution is -0.112. The molecule has 1 atom stereocenters. The third kappa shape index (κ3) is 4.22. The molecule has 2 rings (SSSR count). The maximum absolute atomic E-state index is 12.4. The summed E-state index contributed by atoms with van der Waals surface area (Å²) in [5.41, 5.74) is 0.515. The first-order chi connectivity index (χ1) is 12.5. The summed E-state index contributed by atoms with van der Waals surface area (Å²) < 4.78 is 6.50. The van der Waals surface area contributed by atoms with Gasteiger partial charge in [-0.05, 0) is 19.1 Å². The Morgan fingerprint density at radius 1 is 1.50 bits per heavy atom. The van der Waals surface area contributed by atoms with E-state index in [2.05, 4.69) is 25.8 Å². The summed E-state index contributed by atoms with van der Waals surface area (Å²) in [6, 6.07) is 4.84. The molecule has 1 unspecified atom stereocenters. The van der Waals surface area contributed by atoms with E-state index in [-0.39, 0.29) is 29.9 Å². The Hall–Kier alpha value is -3.27. The standard InChI is InChI=1S/C16H21N7O3/c1-10(8-24)23-9-19-22-15(23)12-5-4-6-13(20-12)21-16(25)11(7-18-2)14(17)26-3/h4-7,9-10,17-18,24H,8H2,1-3H3,(H,20,21,25)/b11-7+,17-14?. The number of nitrogens with zero attached hydrogens (tertiary/aromatic N) is 4. The van der Waals surface area contributed by atoms with Crippen LogP contribution in [0.25, 0.3) is 11.5 Å². The van der Waals surface area contributed by atoms with Crippen LogP contribution in [0.1, 0.15) is 13.0 Å². The molecule has 0 fully saturated rings. The molecule has 0 aliphatic heterocycles. The summed E-state index contributed by atoms with van der Waals surface area (Å²) in [6.07, 6.45) is 2.88. The third-order valence-electron chi connectivity index (χ3n) is 3.51. The number of ether oxygens (including phenoxy) is 1. The zero-order chi connectivity index (χ0) is 19.1. The van der Waals surface area contributed by atoms with Crippen LogP contribution in [0.15, 0.2) is 36.3 Å². The normalized spacial score (nSPS) is 12.4. The summed E-state index contributed by atoms with van der Waals surface area (Å²) in [7, 11) is 2.93. The molecule has 0 aliphatic carbocycles. The first-order valence-electron chi connectivity index (χ1n) is 7.81. The predicted octanol–water partition coefficient (Wildman–Crippen LogP) is 0.559. The van der Waals surface area contributed by atoms with E-state index in [1.807, 2.05) is 6.92 Å². The average molecular weight is 359 g/mol. The maximum atomic E-state index is 12.4. The largest absolute Gasteiger partial charge is 0.481 e. The van der Waals surface area contributed by atoms with Crippen LogP contribution in [-0.4, -0.2) is 57.4 Å². The number of carbonyl (C=O) groups excluding carboxylic acids is 1. The molecule has 2 aromatic heterocycles. The Bertz CT molecular complexity index is 816. The van der Waals surface area contributed by atoms with Crippen molar-refractivity contribution in [2.75, 3.05) is 26.1 Å². The highest BCUT2D eigenvalue weighted by atomic mass is 16.5. The molecule has 0 aliphatic rings. The van der Waals surface area contributed by atoms with E-state index < -0.39 is 5.91 Å². The number of anilines is 1. The highest BCUT2D eigenvalue weighted by Gasteiger charge is 2.18. The Kier molecular flexibility index (Phi) is 6.39. The minimum atomic E-state index is -0.541. The molecule has 0 saturated heterocycles. The Balaban J connectivity index is 2.27. The minimum absolute atomic E-state index is 0.0271. The maximum Gasteiger partial charge on any atom is 0.263 e. The lowest BCUT2D eigenvalue weighted by atomic mass is 10.2. The SMILES string of the molecule is CN/C=C(\C(=N)OC)C(=O)Nc1cccc(-c2nncn2C(C)CO)n1. The van der Waals surface area contributed by atoms with Gasteiger partial charge < -0.3 is 25.0 Å². The molecule has 10 nitrogen and oxygen atoms in total. The van der Waals surface area contributed by atoms with Gasteiger partial charge in [0.05, 0.1) is 19.8 Å². The number of aliphatic hydroxyl groups is 1. The van der Waals surface area contributed by atoms with Gasteiger partial charge in [0.25, 0.3) is 5.91 Å². The zero-order valence-corrected chi connectivity index (χ0v) is 14.7. The lowest BCUT2D eigenvalue weighted by Crippen LogP contribution is -2.23. The number of carbonyl (C=O) groups is 1. The van der Waals surface area contributed by atoms with Crippen LogP contribution >= 0.6 is 0 Å². The van der Waals surface area contributed by atoms with Gasteiger partial charge in [-0.1, -0.05) is 6.07 Å². The van der Waals surface area contributed by atoms with Crippen LogP contribution in [0.5, 0.6) is 0 Å². The number of pyridine rings is 1. The molecule has 0 saturated carbocycles. The van der Waals surface area contributed by atoms with Gasteiger partial charge in [0.2, 0.25) is 5.90 Å². The van der Waals surface area contributed by atoms with Crippen LogP contribution in [0.3, 0.4) is 0 Å². The van der Waals surface area contributed by atoms with Gasteiger partial charge in [-0.25, -0.2) is 4.98 Å². The number of methoxy groups -OCH3 is 1. The average Bonchev–Trinajstić information content (AvgIpc) is 3.14. The molecule has 138 valence electrons. The highest BCUT2D eigenvalue weighted by molar-refractivity contribution is 6.21. The fraction of sp³-hybridized carbons (Fsp3) is 0.312. The molecule has 10 heteroatoms. The molecule has 0 bridgehead atoms. The van der Waals surface area contributed by atoms with Gasteiger partial charge in [-0.15, -0.1) is 10.2 Å². The Labute approximate surface area is 150 Å². The molecule has 26 heavy (non-hydrogen) atoms. The van der Waals surface area contributed by atoms with E-state index in [9.17, 15) is 9.90 Å². The van der Waals surface area contributed by atoms with Crippen LogP contribution < -0.4 is 10.6 Å². The molecule has 2 heterocycles. The fourth-order valence-corrected chi connectivity index (χ4v) is 2.14. The van der Waals surface area contributed by atoms with Crippen molar-refractivity contribution in [3.05, 3.63) is 36.3 Å². The second-order valence-corrected chi connectivity index (χ2v) is 5.34. The smallest absolute Gasteiger partial charge is 0.263 e. The quantitative estimate of drug-likeness (QED) is 0.322. The van der Waals surface area contributed by atoms with Gasteiger partial charge in [-0.3, -0.25) is 10.2 Å². The van der Waals surface area contributed by atoms with Crippen LogP contribution in [0.4, 0.5) is 5.82 Å². The molecular formula is C16H21N7O3. The third-order valence-corrected chi connectivity index (χ3v) is 3.51. The monoisotopic (exact) mass is 359 g/mol. The summed E-state index contributed by atoms with van der Waals surface area (Å²) in [5.74, 6) is -0.0616. The molecule has 0 spiro atoms. The van der Waals surface area contributed by atoms with Gasteiger partial charge in [0.1, 0.15) is 23.4 Å². The Morgan fingerprint density at radius 2 is 2.27 bits per heavy atom. The lowest BCUT2D eigenvalue weighted by Gasteiger charge is -2.13. The van der Waals surface area contributed by atoms with E-state index in [0.717, 1.165) is 0 Å². The van der Waals surface area contributed by atoms with Crippen molar-refractivity contribution in [1.82, 2.24) is 25.1 Å². The van der Waals surface area contributed by atoms with Gasteiger partial charge in [0.15, 0.2) is 5.82 Å². The topological polar surface area (TPSA) is 138 Å². The van der Waals surface area contributed by atoms with E-state index in [1.165, 1.54) is 19.6 Å². The van der Waals surface area contributed by atoms with Gasteiger partial charge in [0, 0.05) is 13.2 Å². The summed E-state index contributed by atoms with van der Waals surface area (Å²) >= 11 is 0. The molecule has 1 amide bonds. The van der Waals surface area contributed by atoms with Crippen LogP contribution in [0.2, 0.25) is 0 Å². The molecule has 0 radical (unpaired) electrons. The van der Waals surface area contributed by atoms with Gasteiger partial charge >= 0.3 is 0 Å². The van der Waals surface area contributed by atoms with Crippen molar-refractivity contribution in [1.29, 1.82) is 5.41 Å². The van der Waals surface area contributed by atoms with E-state index >= 15 is 0 Å². The van der Waals surface area contributed by atoms with Crippen molar-refractivity contribution in [3.63, 3.8) is 0 Å². The predicted molar refractivity (Wildman–Crippen MR) is 95.6 cm³/mol. The van der Waals surface area contributed by atoms with Crippen molar-refractivity contribution >= 4 is 17.6 Å². The van der Waals surface area contributed by atoms with Crippen molar-refractivity contribution in [2.45, 2.75) is 13.0 Å². The second kappa shape index (κ2) is 8.72. The fourth-order valence-electron chi connectivity index (χ4n) is 2.14. The summed E-state index contributed by atoms with van der Waals surface area (Å²) in [6.45, 7) is 1.75. The molecular weight excluding hydrogens is 338 g/mol. The number of rotatable bonds is 7. The summed E-state index contributed by atoms with van der Waals surface area (Å²) in [4.78, 5) is 16.7. The number of aromatic nitrogens is 4. The van der Waals surface area contributed by atoms with Gasteiger partial charge in [-0.2, -0.15) is 0 Å². The number of nitrogens with one attached hydrogen (secondary N) is 3. The molecule has 0 aromatic carbocycles. The number of amides is 1. The van der Waals surface area contributed by atoms with Crippen molar-refractivity contribution < 1.29 is 14.6 Å². The van der Waals surface area contributed by atoms with Crippen LogP contribution in [-0.2, 0) is 9.53 Å². The van der Waals surface area contributed by atoms with E-state index in [4.69, 9.17) is 10.1 Å². The minimum Gasteiger partial charge on any atom is -0.481 e. The molecule has 2 aromatic rings. The number of hydrogen-bond donors (Lipinski definition) is 4. The number of aliphatic hydroxyl groups excluding tert-OH is 1.